The van der Waals surface area contributed by atoms with Crippen molar-refractivity contribution in [1.29, 1.82) is 0 Å². The second-order valence-corrected chi connectivity index (χ2v) is 8.37. The zero-order valence-electron chi connectivity index (χ0n) is 38.3. The summed E-state index contributed by atoms with van der Waals surface area (Å²) in [5, 5.41) is -1.25. The number of fused-ring (bicyclic) bond motifs is 6. The predicted octanol–water partition coefficient (Wildman–Crippen LogP) is 9.55. The second kappa shape index (κ2) is 8.22. The fourth-order valence-electron chi connectivity index (χ4n) is 4.69. The van der Waals surface area contributed by atoms with Gasteiger partial charge in [0.2, 0.25) is 0 Å². The summed E-state index contributed by atoms with van der Waals surface area (Å²) in [6.45, 7) is 0. The van der Waals surface area contributed by atoms with Crippen molar-refractivity contribution in [3.63, 3.8) is 0 Å². The zero-order chi connectivity index (χ0) is 41.6. The molecule has 0 aliphatic heterocycles. The Bertz CT molecular complexity index is 3140. The minimum Gasteiger partial charge on any atom is -0.309 e. The Morgan fingerprint density at radius 2 is 0.868 bits per heavy atom. The number of para-hydroxylation sites is 4. The molecule has 2 nitrogen and oxygen atoms in total. The number of nitrogens with zero attached hydrogens (tertiary/aromatic N) is 2. The van der Waals surface area contributed by atoms with Gasteiger partial charge < -0.3 is 9.13 Å². The summed E-state index contributed by atoms with van der Waals surface area (Å²) in [5.74, 6) is 0. The van der Waals surface area contributed by atoms with Crippen LogP contribution in [-0.2, 0) is 0 Å². The normalized spacial score (nSPS) is 18.7. The summed E-state index contributed by atoms with van der Waals surface area (Å²) in [4.78, 5) is 0. The van der Waals surface area contributed by atoms with E-state index in [0.29, 0.717) is 5.69 Å². The molecule has 2 heteroatoms. The van der Waals surface area contributed by atoms with E-state index in [2.05, 4.69) is 0 Å². The average Bonchev–Trinajstić information content (AvgIpc) is 3.74. The van der Waals surface area contributed by atoms with E-state index in [1.54, 1.807) is 30.3 Å². The van der Waals surface area contributed by atoms with Crippen molar-refractivity contribution in [2.45, 2.75) is 0 Å². The molecular formula is C36H24N2. The number of aromatic nitrogens is 2. The first-order valence-corrected chi connectivity index (χ1v) is 11.5. The highest BCUT2D eigenvalue weighted by Crippen LogP contribution is 2.38. The van der Waals surface area contributed by atoms with Crippen LogP contribution in [0.2, 0.25) is 0 Å². The Labute approximate surface area is 247 Å². The van der Waals surface area contributed by atoms with Gasteiger partial charge in [-0.3, -0.25) is 0 Å². The molecule has 8 aromatic rings. The van der Waals surface area contributed by atoms with Crippen LogP contribution < -0.4 is 0 Å². The number of hydrogen-bond donors (Lipinski definition) is 0. The molecule has 0 saturated heterocycles. The van der Waals surface area contributed by atoms with Gasteiger partial charge in [-0.15, -0.1) is 0 Å². The van der Waals surface area contributed by atoms with Crippen LogP contribution in [-0.4, -0.2) is 9.13 Å². The molecule has 0 bridgehead atoms. The molecule has 0 spiro atoms. The van der Waals surface area contributed by atoms with Crippen LogP contribution in [0.25, 0.3) is 66.1 Å². The predicted molar refractivity (Wildman–Crippen MR) is 161 cm³/mol. The van der Waals surface area contributed by atoms with Gasteiger partial charge in [-0.2, -0.15) is 0 Å². The van der Waals surface area contributed by atoms with E-state index in [9.17, 15) is 8.22 Å². The average molecular weight is 504 g/mol. The molecule has 0 fully saturated rings. The first-order valence-electron chi connectivity index (χ1n) is 21.0. The maximum atomic E-state index is 9.58. The van der Waals surface area contributed by atoms with Crippen LogP contribution in [0.3, 0.4) is 0 Å². The molecular weight excluding hydrogens is 460 g/mol. The van der Waals surface area contributed by atoms with E-state index in [1.807, 2.05) is 0 Å². The first kappa shape index (κ1) is 9.66. The number of benzene rings is 6. The lowest BCUT2D eigenvalue weighted by atomic mass is 10.0. The lowest BCUT2D eigenvalue weighted by Crippen LogP contribution is -1.93. The Morgan fingerprint density at radius 1 is 0.395 bits per heavy atom. The Hall–Kier alpha value is -5.08. The third-order valence-corrected chi connectivity index (χ3v) is 6.29. The molecule has 2 aromatic heterocycles. The minimum atomic E-state index is -0.839. The van der Waals surface area contributed by atoms with Gasteiger partial charge in [-0.1, -0.05) is 84.7 Å². The van der Waals surface area contributed by atoms with Gasteiger partial charge in [0.05, 0.1) is 48.1 Å². The Morgan fingerprint density at radius 3 is 1.45 bits per heavy atom. The van der Waals surface area contributed by atoms with Crippen molar-refractivity contribution in [2.75, 3.05) is 0 Å². The van der Waals surface area contributed by atoms with Gasteiger partial charge in [0.1, 0.15) is 0 Å². The molecule has 0 atom stereocenters. The fraction of sp³-hybridized carbons (Fsp3) is 0. The molecule has 0 amide bonds. The summed E-state index contributed by atoms with van der Waals surface area (Å²) in [7, 11) is 0. The third kappa shape index (κ3) is 3.07. The number of rotatable bonds is 3. The molecule has 0 aliphatic rings. The quantitative estimate of drug-likeness (QED) is 0.227. The maximum absolute atomic E-state index is 9.58. The summed E-state index contributed by atoms with van der Waals surface area (Å²) in [5.41, 5.74) is -2.63. The lowest BCUT2D eigenvalue weighted by Gasteiger charge is -2.09. The molecule has 6 aromatic carbocycles. The lowest BCUT2D eigenvalue weighted by molar-refractivity contribution is 1.18. The van der Waals surface area contributed by atoms with E-state index in [0.717, 1.165) is 4.57 Å². The van der Waals surface area contributed by atoms with E-state index in [1.165, 1.54) is 4.57 Å². The van der Waals surface area contributed by atoms with Gasteiger partial charge in [-0.05, 0) is 71.6 Å². The molecule has 38 heavy (non-hydrogen) atoms. The van der Waals surface area contributed by atoms with Gasteiger partial charge in [0.25, 0.3) is 0 Å². The van der Waals surface area contributed by atoms with Gasteiger partial charge in [-0.25, -0.2) is 0 Å². The Balaban J connectivity index is 1.63. The van der Waals surface area contributed by atoms with Crippen LogP contribution in [0.15, 0.2) is 145 Å². The molecule has 2 heterocycles. The largest absolute Gasteiger partial charge is 0.309 e. The highest BCUT2D eigenvalue weighted by molar-refractivity contribution is 6.12. The van der Waals surface area contributed by atoms with Crippen LogP contribution in [0.5, 0.6) is 0 Å². The highest BCUT2D eigenvalue weighted by atomic mass is 15.0. The fourth-order valence-corrected chi connectivity index (χ4v) is 4.69. The molecule has 8 rings (SSSR count). The van der Waals surface area contributed by atoms with Crippen LogP contribution in [0.4, 0.5) is 0 Å². The van der Waals surface area contributed by atoms with Crippen molar-refractivity contribution in [3.8, 4) is 22.5 Å². The van der Waals surface area contributed by atoms with Crippen molar-refractivity contribution in [3.05, 3.63) is 145 Å². The summed E-state index contributed by atoms with van der Waals surface area (Å²) < 4.78 is 170. The summed E-state index contributed by atoms with van der Waals surface area (Å²) in [6.07, 6.45) is 0. The zero-order valence-corrected chi connectivity index (χ0v) is 19.3. The monoisotopic (exact) mass is 503 g/mol. The van der Waals surface area contributed by atoms with E-state index in [-0.39, 0.29) is 21.8 Å². The molecule has 0 aliphatic carbocycles. The van der Waals surface area contributed by atoms with Crippen molar-refractivity contribution in [1.82, 2.24) is 9.13 Å². The van der Waals surface area contributed by atoms with E-state index < -0.39 is 153 Å². The van der Waals surface area contributed by atoms with Crippen molar-refractivity contribution < 1.29 is 26.0 Å². The minimum absolute atomic E-state index is 0.104. The van der Waals surface area contributed by atoms with Gasteiger partial charge in [0, 0.05) is 32.9 Å². The Kier molecular flexibility index (Phi) is 2.09. The first-order chi connectivity index (χ1) is 26.8. The smallest absolute Gasteiger partial charge is 0.0645 e. The number of hydrogen-bond acceptors (Lipinski definition) is 0. The van der Waals surface area contributed by atoms with Crippen LogP contribution in [0, 0.1) is 0 Å². The topological polar surface area (TPSA) is 9.86 Å². The summed E-state index contributed by atoms with van der Waals surface area (Å²) >= 11 is 0. The maximum Gasteiger partial charge on any atom is 0.0645 e. The standard InChI is InChI=1S/C36H24N2/c1-3-11-27(12-4-1)37-33-17-9-7-15-29(33)31-23-25(19-21-35(31)37)26-20-22-36-32(24-26)30-16-8-10-18-34(30)38(36)28-13-5-2-6-14-28/h1-24H/i1D,3D,4D,7D,8D,9D,10D,11D,12D,15D,16D,17D,18D,19D,20D,21D,22D,23D,24D. The molecule has 0 N–H and O–H groups in total. The second-order valence-electron chi connectivity index (χ2n) is 8.37. The molecule has 178 valence electrons. The van der Waals surface area contributed by atoms with Crippen LogP contribution >= 0.6 is 0 Å². The molecule has 0 radical (unpaired) electrons. The third-order valence-electron chi connectivity index (χ3n) is 6.29. The van der Waals surface area contributed by atoms with Gasteiger partial charge in [0.15, 0.2) is 0 Å². The SMILES string of the molecule is [2H]c1c([2H])c([2H])c(-n2c3c([2H])c([2H])c([2H])c([2H])c3c3c([2H])c(-c4c([2H])c([2H])c5c(c4[2H])c4c([2H])c([2H])c([2H])c([2H])c4n5-c4ccccc4)c([2H])c([2H])c32)c([2H])c1[2H]. The molecule has 0 saturated carbocycles. The van der Waals surface area contributed by atoms with Crippen molar-refractivity contribution in [2.24, 2.45) is 0 Å². The highest BCUT2D eigenvalue weighted by Gasteiger charge is 2.15. The van der Waals surface area contributed by atoms with Gasteiger partial charge >= 0.3 is 0 Å². The summed E-state index contributed by atoms with van der Waals surface area (Å²) in [6, 6.07) is -5.43. The van der Waals surface area contributed by atoms with E-state index >= 15 is 0 Å². The van der Waals surface area contributed by atoms with E-state index in [4.69, 9.17) is 17.8 Å². The van der Waals surface area contributed by atoms with Crippen LogP contribution in [0.1, 0.15) is 26.0 Å². The molecule has 0 unspecified atom stereocenters. The van der Waals surface area contributed by atoms with Crippen molar-refractivity contribution >= 4 is 43.6 Å².